The Labute approximate surface area is 143 Å². The van der Waals surface area contributed by atoms with Crippen molar-refractivity contribution in [3.63, 3.8) is 0 Å². The lowest BCUT2D eigenvalue weighted by Gasteiger charge is -2.14. The molecule has 8 nitrogen and oxygen atoms in total. The number of allylic oxidation sites excluding steroid dienone is 2. The summed E-state index contributed by atoms with van der Waals surface area (Å²) in [6.07, 6.45) is 0.540. The third kappa shape index (κ3) is 2.62. The van der Waals surface area contributed by atoms with E-state index >= 15 is 0 Å². The number of hydrogen-bond donors (Lipinski definition) is 2. The molecule has 2 aliphatic rings. The average Bonchev–Trinajstić information content (AvgIpc) is 3.09. The van der Waals surface area contributed by atoms with Gasteiger partial charge in [-0.3, -0.25) is 18.7 Å². The van der Waals surface area contributed by atoms with Crippen molar-refractivity contribution in [1.82, 2.24) is 14.5 Å². The summed E-state index contributed by atoms with van der Waals surface area (Å²) in [5.41, 5.74) is 0.837. The van der Waals surface area contributed by atoms with Crippen LogP contribution in [0.5, 0.6) is 0 Å². The quantitative estimate of drug-likeness (QED) is 0.803. The van der Waals surface area contributed by atoms with E-state index < -0.39 is 0 Å². The van der Waals surface area contributed by atoms with Crippen molar-refractivity contribution >= 4 is 29.1 Å². The molecule has 9 heteroatoms. The maximum atomic E-state index is 12.7. The number of ketones is 1. The first-order chi connectivity index (χ1) is 11.3. The highest BCUT2D eigenvalue weighted by Gasteiger charge is 2.27. The lowest BCUT2D eigenvalue weighted by molar-refractivity contribution is -0.116. The third-order valence-electron chi connectivity index (χ3n) is 4.35. The predicted molar refractivity (Wildman–Crippen MR) is 95.3 cm³/mol. The van der Waals surface area contributed by atoms with Gasteiger partial charge in [0, 0.05) is 31.2 Å². The van der Waals surface area contributed by atoms with E-state index in [4.69, 9.17) is 0 Å². The van der Waals surface area contributed by atoms with Gasteiger partial charge in [0.25, 0.3) is 5.56 Å². The molecule has 24 heavy (non-hydrogen) atoms. The normalized spacial score (nSPS) is 19.3. The summed E-state index contributed by atoms with van der Waals surface area (Å²) in [7, 11) is 3.47. The van der Waals surface area contributed by atoms with E-state index in [9.17, 15) is 14.4 Å². The zero-order chi connectivity index (χ0) is 17.6. The number of carbonyl (C=O) groups excluding carboxylic acids is 1. The highest BCUT2D eigenvalue weighted by Crippen LogP contribution is 2.33. The summed E-state index contributed by atoms with van der Waals surface area (Å²) in [5.74, 6) is 0.625. The number of nitrogens with zero attached hydrogens (tertiary/aromatic N) is 3. The zero-order valence-corrected chi connectivity index (χ0v) is 15.0. The number of nitrogens with one attached hydrogen (secondary N) is 2. The maximum absolute atomic E-state index is 12.7. The molecule has 0 saturated carbocycles. The van der Waals surface area contributed by atoms with Gasteiger partial charge in [-0.25, -0.2) is 4.79 Å². The van der Waals surface area contributed by atoms with Gasteiger partial charge in [0.05, 0.1) is 6.67 Å². The molecule has 0 aliphatic carbocycles. The van der Waals surface area contributed by atoms with Crippen molar-refractivity contribution < 1.29 is 4.79 Å². The van der Waals surface area contributed by atoms with E-state index in [0.717, 1.165) is 10.6 Å². The largest absolute Gasteiger partial charge is 0.370 e. The highest BCUT2D eigenvalue weighted by molar-refractivity contribution is 8.04. The van der Waals surface area contributed by atoms with Crippen molar-refractivity contribution in [2.75, 3.05) is 23.9 Å². The molecule has 0 saturated heterocycles. The van der Waals surface area contributed by atoms with Crippen molar-refractivity contribution in [1.29, 1.82) is 0 Å². The molecular formula is C15H21N5O3S. The first-order valence-electron chi connectivity index (χ1n) is 7.73. The second kappa shape index (κ2) is 6.04. The molecule has 0 fully saturated rings. The van der Waals surface area contributed by atoms with Crippen LogP contribution in [0.4, 0.5) is 11.5 Å². The van der Waals surface area contributed by atoms with Crippen LogP contribution in [0.1, 0.15) is 20.3 Å². The van der Waals surface area contributed by atoms with Crippen LogP contribution in [0, 0.1) is 0 Å². The standard InChI is InChI=1S/C15H21N5O3S/c1-8-10(24-13(17-8)9(2)21)5-6-20-14(22)11-12(16-7-18(11)3)19(4)15(20)23/h13,16-17H,5-7H2,1-4H3. The minimum atomic E-state index is -0.334. The molecule has 1 atom stereocenters. The topological polar surface area (TPSA) is 88.4 Å². The molecule has 1 unspecified atom stereocenters. The summed E-state index contributed by atoms with van der Waals surface area (Å²) in [5, 5.41) is 5.93. The van der Waals surface area contributed by atoms with E-state index in [1.165, 1.54) is 20.9 Å². The molecule has 1 aromatic heterocycles. The van der Waals surface area contributed by atoms with Crippen molar-refractivity contribution in [2.45, 2.75) is 32.2 Å². The molecule has 0 amide bonds. The summed E-state index contributed by atoms with van der Waals surface area (Å²) < 4.78 is 2.74. The van der Waals surface area contributed by atoms with Crippen LogP contribution >= 0.6 is 11.8 Å². The number of aromatic nitrogens is 2. The average molecular weight is 351 g/mol. The lowest BCUT2D eigenvalue weighted by atomic mass is 10.3. The molecule has 0 bridgehead atoms. The Morgan fingerprint density at radius 3 is 2.67 bits per heavy atom. The Morgan fingerprint density at radius 2 is 2.04 bits per heavy atom. The van der Waals surface area contributed by atoms with Crippen LogP contribution in [0.25, 0.3) is 0 Å². The summed E-state index contributed by atoms with van der Waals surface area (Å²) >= 11 is 1.46. The van der Waals surface area contributed by atoms with Crippen LogP contribution < -0.4 is 26.8 Å². The Kier molecular flexibility index (Phi) is 4.20. The zero-order valence-electron chi connectivity index (χ0n) is 14.2. The molecule has 2 N–H and O–H groups in total. The number of rotatable bonds is 4. The minimum absolute atomic E-state index is 0.0626. The van der Waals surface area contributed by atoms with Crippen LogP contribution in [-0.4, -0.2) is 34.0 Å². The number of thioether (sulfide) groups is 1. The third-order valence-corrected chi connectivity index (χ3v) is 5.83. The summed E-state index contributed by atoms with van der Waals surface area (Å²) in [6, 6.07) is 0. The van der Waals surface area contributed by atoms with Crippen molar-refractivity contribution in [2.24, 2.45) is 7.05 Å². The van der Waals surface area contributed by atoms with Crippen molar-refractivity contribution in [3.05, 3.63) is 31.4 Å². The fourth-order valence-electron chi connectivity index (χ4n) is 2.95. The SMILES string of the molecule is CC(=O)C1NC(C)=C(CCn2c(=O)c3c(n(C)c2=O)NCN3C)S1. The van der Waals surface area contributed by atoms with E-state index in [2.05, 4.69) is 10.6 Å². The maximum Gasteiger partial charge on any atom is 0.332 e. The molecule has 0 spiro atoms. The molecule has 1 aromatic rings. The summed E-state index contributed by atoms with van der Waals surface area (Å²) in [4.78, 5) is 39.5. The Bertz CT molecular complexity index is 854. The Morgan fingerprint density at radius 1 is 1.33 bits per heavy atom. The number of Topliss-reactive ketones (excluding diaryl/α,β-unsaturated/α-hetero) is 1. The van der Waals surface area contributed by atoms with Gasteiger partial charge in [0.15, 0.2) is 5.78 Å². The van der Waals surface area contributed by atoms with Crippen molar-refractivity contribution in [3.8, 4) is 0 Å². The van der Waals surface area contributed by atoms with Gasteiger partial charge < -0.3 is 15.5 Å². The van der Waals surface area contributed by atoms with E-state index in [1.54, 1.807) is 18.9 Å². The number of anilines is 2. The molecule has 3 rings (SSSR count). The van der Waals surface area contributed by atoms with Crippen LogP contribution in [0.2, 0.25) is 0 Å². The summed E-state index contributed by atoms with van der Waals surface area (Å²) in [6.45, 7) is 4.25. The van der Waals surface area contributed by atoms with Gasteiger partial charge >= 0.3 is 5.69 Å². The van der Waals surface area contributed by atoms with Gasteiger partial charge in [0.1, 0.15) is 16.9 Å². The van der Waals surface area contributed by atoms with Gasteiger partial charge in [-0.1, -0.05) is 11.8 Å². The van der Waals surface area contributed by atoms with Crippen LogP contribution in [0.15, 0.2) is 20.2 Å². The van der Waals surface area contributed by atoms with E-state index in [1.807, 2.05) is 14.0 Å². The smallest absolute Gasteiger partial charge is 0.332 e. The van der Waals surface area contributed by atoms with E-state index in [-0.39, 0.29) is 22.4 Å². The highest BCUT2D eigenvalue weighted by atomic mass is 32.2. The van der Waals surface area contributed by atoms with Crippen LogP contribution in [-0.2, 0) is 18.4 Å². The molecule has 2 aliphatic heterocycles. The first kappa shape index (κ1) is 16.7. The van der Waals surface area contributed by atoms with Crippen LogP contribution in [0.3, 0.4) is 0 Å². The molecular weight excluding hydrogens is 330 g/mol. The van der Waals surface area contributed by atoms with Gasteiger partial charge in [0.2, 0.25) is 0 Å². The molecule has 0 radical (unpaired) electrons. The number of carbonyl (C=O) groups is 1. The Balaban J connectivity index is 1.87. The van der Waals surface area contributed by atoms with E-state index in [0.29, 0.717) is 31.1 Å². The molecule has 130 valence electrons. The molecule has 3 heterocycles. The van der Waals surface area contributed by atoms with Gasteiger partial charge in [-0.15, -0.1) is 0 Å². The minimum Gasteiger partial charge on any atom is -0.370 e. The predicted octanol–water partition coefficient (Wildman–Crippen LogP) is 0.239. The molecule has 0 aromatic carbocycles. The fourth-order valence-corrected chi connectivity index (χ4v) is 4.08. The Hall–Kier alpha value is -2.16. The number of hydrogen-bond acceptors (Lipinski definition) is 7. The fraction of sp³-hybridized carbons (Fsp3) is 0.533. The number of fused-ring (bicyclic) bond motifs is 1. The first-order valence-corrected chi connectivity index (χ1v) is 8.61. The second-order valence-electron chi connectivity index (χ2n) is 6.08. The monoisotopic (exact) mass is 351 g/mol. The lowest BCUT2D eigenvalue weighted by Crippen LogP contribution is -2.40. The van der Waals surface area contributed by atoms with Gasteiger partial charge in [-0.2, -0.15) is 0 Å². The second-order valence-corrected chi connectivity index (χ2v) is 7.28. The van der Waals surface area contributed by atoms with Gasteiger partial charge in [-0.05, 0) is 20.3 Å².